The van der Waals surface area contributed by atoms with Gasteiger partial charge in [-0.05, 0) is 24.8 Å². The third-order valence-corrected chi connectivity index (χ3v) is 2.29. The first kappa shape index (κ1) is 11.2. The van der Waals surface area contributed by atoms with Crippen LogP contribution in [0, 0.1) is 0 Å². The van der Waals surface area contributed by atoms with Crippen LogP contribution < -0.4 is 5.48 Å². The van der Waals surface area contributed by atoms with Crippen molar-refractivity contribution in [1.82, 2.24) is 5.48 Å². The normalized spacial score (nSPS) is 12.7. The first-order valence-corrected chi connectivity index (χ1v) is 5.24. The Hall–Kier alpha value is -0.860. The number of nitrogens with one attached hydrogen (secondary N) is 1. The van der Waals surface area contributed by atoms with Crippen molar-refractivity contribution in [1.29, 1.82) is 0 Å². The maximum atomic E-state index is 5.07. The molecule has 0 aromatic heterocycles. The highest BCUT2D eigenvalue weighted by Crippen LogP contribution is 2.17. The van der Waals surface area contributed by atoms with Gasteiger partial charge in [-0.1, -0.05) is 37.3 Å². The van der Waals surface area contributed by atoms with E-state index in [1.807, 2.05) is 6.92 Å². The zero-order valence-corrected chi connectivity index (χ0v) is 8.99. The largest absolute Gasteiger partial charge is 0.302 e. The summed E-state index contributed by atoms with van der Waals surface area (Å²) in [6.07, 6.45) is 1.10. The summed E-state index contributed by atoms with van der Waals surface area (Å²) in [6, 6.07) is 10.6. The van der Waals surface area contributed by atoms with Gasteiger partial charge in [-0.25, -0.2) is 5.48 Å². The fourth-order valence-corrected chi connectivity index (χ4v) is 1.40. The molecule has 0 aliphatic carbocycles. The van der Waals surface area contributed by atoms with E-state index in [1.54, 1.807) is 0 Å². The average molecular weight is 193 g/mol. The predicted octanol–water partition coefficient (Wildman–Crippen LogP) is 2.72. The predicted molar refractivity (Wildman–Crippen MR) is 59.1 cm³/mol. The molecule has 1 atom stereocenters. The van der Waals surface area contributed by atoms with Gasteiger partial charge in [-0.15, -0.1) is 0 Å². The SMILES string of the molecule is CCONCCC(C)c1ccccc1. The summed E-state index contributed by atoms with van der Waals surface area (Å²) in [5.41, 5.74) is 4.33. The number of hydrogen-bond donors (Lipinski definition) is 1. The van der Waals surface area contributed by atoms with E-state index < -0.39 is 0 Å². The zero-order valence-electron chi connectivity index (χ0n) is 8.99. The number of hydroxylamine groups is 1. The van der Waals surface area contributed by atoms with E-state index in [1.165, 1.54) is 5.56 Å². The van der Waals surface area contributed by atoms with Crippen molar-refractivity contribution in [2.24, 2.45) is 0 Å². The van der Waals surface area contributed by atoms with E-state index in [4.69, 9.17) is 4.84 Å². The van der Waals surface area contributed by atoms with Crippen molar-refractivity contribution in [2.45, 2.75) is 26.2 Å². The minimum atomic E-state index is 0.587. The minimum Gasteiger partial charge on any atom is -0.302 e. The third-order valence-electron chi connectivity index (χ3n) is 2.29. The Kier molecular flexibility index (Phi) is 5.27. The van der Waals surface area contributed by atoms with Gasteiger partial charge < -0.3 is 4.84 Å². The fourth-order valence-electron chi connectivity index (χ4n) is 1.40. The molecule has 2 nitrogen and oxygen atoms in total. The van der Waals surface area contributed by atoms with Gasteiger partial charge in [0.2, 0.25) is 0 Å². The topological polar surface area (TPSA) is 21.3 Å². The molecule has 0 aliphatic rings. The Morgan fingerprint density at radius 2 is 2.00 bits per heavy atom. The Morgan fingerprint density at radius 3 is 2.64 bits per heavy atom. The number of benzene rings is 1. The lowest BCUT2D eigenvalue weighted by molar-refractivity contribution is 0.0495. The van der Waals surface area contributed by atoms with Crippen molar-refractivity contribution in [2.75, 3.05) is 13.2 Å². The van der Waals surface area contributed by atoms with Gasteiger partial charge in [0.25, 0.3) is 0 Å². The van der Waals surface area contributed by atoms with E-state index in [2.05, 4.69) is 42.7 Å². The fraction of sp³-hybridized carbons (Fsp3) is 0.500. The van der Waals surface area contributed by atoms with E-state index in [0.29, 0.717) is 5.92 Å². The van der Waals surface area contributed by atoms with Crippen molar-refractivity contribution in [3.05, 3.63) is 35.9 Å². The van der Waals surface area contributed by atoms with E-state index in [0.717, 1.165) is 19.6 Å². The summed E-state index contributed by atoms with van der Waals surface area (Å²) in [5, 5.41) is 0. The molecule has 1 aromatic rings. The van der Waals surface area contributed by atoms with Crippen LogP contribution in [0.1, 0.15) is 31.7 Å². The molecule has 0 spiro atoms. The lowest BCUT2D eigenvalue weighted by atomic mass is 9.98. The van der Waals surface area contributed by atoms with Crippen molar-refractivity contribution >= 4 is 0 Å². The lowest BCUT2D eigenvalue weighted by Crippen LogP contribution is -2.17. The molecular weight excluding hydrogens is 174 g/mol. The molecule has 0 radical (unpaired) electrons. The van der Waals surface area contributed by atoms with Crippen LogP contribution in [0.2, 0.25) is 0 Å². The lowest BCUT2D eigenvalue weighted by Gasteiger charge is -2.11. The summed E-state index contributed by atoms with van der Waals surface area (Å²) < 4.78 is 0. The maximum absolute atomic E-state index is 5.07. The van der Waals surface area contributed by atoms with Crippen LogP contribution in [0.3, 0.4) is 0 Å². The molecule has 78 valence electrons. The highest BCUT2D eigenvalue weighted by molar-refractivity contribution is 5.18. The van der Waals surface area contributed by atoms with Crippen molar-refractivity contribution < 1.29 is 4.84 Å². The summed E-state index contributed by atoms with van der Waals surface area (Å²) in [7, 11) is 0. The van der Waals surface area contributed by atoms with Crippen LogP contribution in [-0.2, 0) is 4.84 Å². The molecule has 0 aliphatic heterocycles. The van der Waals surface area contributed by atoms with Crippen LogP contribution in [0.4, 0.5) is 0 Å². The van der Waals surface area contributed by atoms with Crippen LogP contribution in [-0.4, -0.2) is 13.2 Å². The molecule has 0 saturated heterocycles. The van der Waals surface area contributed by atoms with E-state index in [-0.39, 0.29) is 0 Å². The first-order chi connectivity index (χ1) is 6.84. The van der Waals surface area contributed by atoms with Gasteiger partial charge in [0.1, 0.15) is 0 Å². The average Bonchev–Trinajstić information content (AvgIpc) is 2.25. The van der Waals surface area contributed by atoms with Crippen LogP contribution >= 0.6 is 0 Å². The summed E-state index contributed by atoms with van der Waals surface area (Å²) in [4.78, 5) is 5.07. The van der Waals surface area contributed by atoms with Gasteiger partial charge in [-0.2, -0.15) is 0 Å². The van der Waals surface area contributed by atoms with E-state index in [9.17, 15) is 0 Å². The highest BCUT2D eigenvalue weighted by Gasteiger charge is 2.03. The van der Waals surface area contributed by atoms with Crippen LogP contribution in [0.15, 0.2) is 30.3 Å². The molecule has 1 unspecified atom stereocenters. The molecule has 0 amide bonds. The summed E-state index contributed by atoms with van der Waals surface area (Å²) >= 11 is 0. The molecule has 2 heteroatoms. The first-order valence-electron chi connectivity index (χ1n) is 5.24. The minimum absolute atomic E-state index is 0.587. The Bertz CT molecular complexity index is 235. The molecular formula is C12H19NO. The van der Waals surface area contributed by atoms with Crippen LogP contribution in [0.25, 0.3) is 0 Å². The van der Waals surface area contributed by atoms with Crippen LogP contribution in [0.5, 0.6) is 0 Å². The quantitative estimate of drug-likeness (QED) is 0.554. The standard InChI is InChI=1S/C12H19NO/c1-3-14-13-10-9-11(2)12-7-5-4-6-8-12/h4-8,11,13H,3,9-10H2,1-2H3. The smallest absolute Gasteiger partial charge is 0.0653 e. The monoisotopic (exact) mass is 193 g/mol. The van der Waals surface area contributed by atoms with Gasteiger partial charge in [-0.3, -0.25) is 0 Å². The van der Waals surface area contributed by atoms with Gasteiger partial charge in [0, 0.05) is 6.54 Å². The Morgan fingerprint density at radius 1 is 1.29 bits per heavy atom. The zero-order chi connectivity index (χ0) is 10.2. The number of rotatable bonds is 6. The van der Waals surface area contributed by atoms with Crippen molar-refractivity contribution in [3.8, 4) is 0 Å². The molecule has 14 heavy (non-hydrogen) atoms. The molecule has 0 fully saturated rings. The third kappa shape index (κ3) is 3.90. The Labute approximate surface area is 86.2 Å². The molecule has 0 saturated carbocycles. The van der Waals surface area contributed by atoms with Crippen molar-refractivity contribution in [3.63, 3.8) is 0 Å². The van der Waals surface area contributed by atoms with Gasteiger partial charge in [0.15, 0.2) is 0 Å². The molecule has 0 heterocycles. The molecule has 1 aromatic carbocycles. The molecule has 0 bridgehead atoms. The maximum Gasteiger partial charge on any atom is 0.0653 e. The second-order valence-corrected chi connectivity index (χ2v) is 3.43. The summed E-state index contributed by atoms with van der Waals surface area (Å²) in [6.45, 7) is 5.85. The number of hydrogen-bond acceptors (Lipinski definition) is 2. The highest BCUT2D eigenvalue weighted by atomic mass is 16.6. The van der Waals surface area contributed by atoms with Gasteiger partial charge in [0.05, 0.1) is 6.61 Å². The van der Waals surface area contributed by atoms with Gasteiger partial charge >= 0.3 is 0 Å². The second-order valence-electron chi connectivity index (χ2n) is 3.43. The Balaban J connectivity index is 2.25. The molecule has 1 rings (SSSR count). The second kappa shape index (κ2) is 6.57. The summed E-state index contributed by atoms with van der Waals surface area (Å²) in [5.74, 6) is 0.587. The molecule has 1 N–H and O–H groups in total. The van der Waals surface area contributed by atoms with E-state index >= 15 is 0 Å².